The first kappa shape index (κ1) is 19.5. The molecule has 1 N–H and O–H groups in total. The van der Waals surface area contributed by atoms with E-state index in [2.05, 4.69) is 10.3 Å². The minimum absolute atomic E-state index is 0.0475. The molecule has 0 bridgehead atoms. The van der Waals surface area contributed by atoms with Crippen molar-refractivity contribution in [1.82, 2.24) is 10.3 Å². The van der Waals surface area contributed by atoms with E-state index < -0.39 is 0 Å². The Kier molecular flexibility index (Phi) is 6.90. The summed E-state index contributed by atoms with van der Waals surface area (Å²) in [5, 5.41) is 3.21. The van der Waals surface area contributed by atoms with E-state index in [0.717, 1.165) is 24.2 Å². The maximum Gasteiger partial charge on any atom is 0.252 e. The number of amides is 1. The number of methoxy groups -OCH3 is 1. The SMILES string of the molecule is COc1cccc(CCNC(=O)c2cnc(OC3CCOCC3)c(Cl)c2)c1. The quantitative estimate of drug-likeness (QED) is 0.785. The number of hydrogen-bond donors (Lipinski definition) is 1. The smallest absolute Gasteiger partial charge is 0.252 e. The number of ether oxygens (including phenoxy) is 3. The Bertz CT molecular complexity index is 778. The van der Waals surface area contributed by atoms with Crippen LogP contribution in [0.25, 0.3) is 0 Å². The van der Waals surface area contributed by atoms with Gasteiger partial charge in [-0.25, -0.2) is 4.98 Å². The van der Waals surface area contributed by atoms with Crippen LogP contribution in [-0.4, -0.2) is 43.9 Å². The fraction of sp³-hybridized carbons (Fsp3) is 0.400. The molecule has 0 unspecified atom stereocenters. The van der Waals surface area contributed by atoms with Crippen molar-refractivity contribution in [2.45, 2.75) is 25.4 Å². The second-order valence-corrected chi connectivity index (χ2v) is 6.71. The van der Waals surface area contributed by atoms with Crippen molar-refractivity contribution in [3.63, 3.8) is 0 Å². The van der Waals surface area contributed by atoms with E-state index in [0.29, 0.717) is 42.6 Å². The van der Waals surface area contributed by atoms with Crippen molar-refractivity contribution in [3.05, 3.63) is 52.7 Å². The molecule has 1 aliphatic heterocycles. The highest BCUT2D eigenvalue weighted by molar-refractivity contribution is 6.32. The highest BCUT2D eigenvalue weighted by Crippen LogP contribution is 2.25. The molecule has 27 heavy (non-hydrogen) atoms. The lowest BCUT2D eigenvalue weighted by Gasteiger charge is -2.23. The number of carbonyl (C=O) groups excluding carboxylic acids is 1. The van der Waals surface area contributed by atoms with Gasteiger partial charge in [-0.15, -0.1) is 0 Å². The van der Waals surface area contributed by atoms with Crippen molar-refractivity contribution in [2.24, 2.45) is 0 Å². The van der Waals surface area contributed by atoms with Gasteiger partial charge in [0.05, 0.1) is 25.9 Å². The highest BCUT2D eigenvalue weighted by Gasteiger charge is 2.18. The summed E-state index contributed by atoms with van der Waals surface area (Å²) in [6.07, 6.45) is 3.86. The zero-order valence-electron chi connectivity index (χ0n) is 15.2. The Morgan fingerprint density at radius 1 is 1.33 bits per heavy atom. The molecule has 0 radical (unpaired) electrons. The van der Waals surface area contributed by atoms with Crippen LogP contribution < -0.4 is 14.8 Å². The van der Waals surface area contributed by atoms with Gasteiger partial charge in [-0.1, -0.05) is 23.7 Å². The van der Waals surface area contributed by atoms with Gasteiger partial charge in [-0.2, -0.15) is 0 Å². The molecule has 0 atom stereocenters. The normalized spacial score (nSPS) is 14.6. The predicted molar refractivity (Wildman–Crippen MR) is 103 cm³/mol. The largest absolute Gasteiger partial charge is 0.497 e. The Balaban J connectivity index is 1.52. The van der Waals surface area contributed by atoms with Gasteiger partial charge < -0.3 is 19.5 Å². The summed E-state index contributed by atoms with van der Waals surface area (Å²) in [5.41, 5.74) is 1.50. The summed E-state index contributed by atoms with van der Waals surface area (Å²) in [6.45, 7) is 1.86. The first-order valence-corrected chi connectivity index (χ1v) is 9.34. The molecule has 1 aliphatic rings. The summed E-state index contributed by atoms with van der Waals surface area (Å²) in [6, 6.07) is 9.35. The average molecular weight is 391 g/mol. The van der Waals surface area contributed by atoms with Gasteiger partial charge in [0.25, 0.3) is 5.91 Å². The summed E-state index contributed by atoms with van der Waals surface area (Å²) in [4.78, 5) is 16.5. The van der Waals surface area contributed by atoms with Crippen LogP contribution in [0.4, 0.5) is 0 Å². The van der Waals surface area contributed by atoms with Crippen molar-refractivity contribution in [3.8, 4) is 11.6 Å². The number of nitrogens with zero attached hydrogens (tertiary/aromatic N) is 1. The topological polar surface area (TPSA) is 69.7 Å². The molecule has 0 saturated carbocycles. The molecule has 1 aromatic heterocycles. The number of rotatable bonds is 7. The van der Waals surface area contributed by atoms with Gasteiger partial charge in [0.2, 0.25) is 5.88 Å². The van der Waals surface area contributed by atoms with E-state index in [9.17, 15) is 4.79 Å². The predicted octanol–water partition coefficient (Wildman–Crippen LogP) is 3.27. The molecular weight excluding hydrogens is 368 g/mol. The van der Waals surface area contributed by atoms with E-state index in [1.807, 2.05) is 24.3 Å². The number of pyridine rings is 1. The molecule has 3 rings (SSSR count). The van der Waals surface area contributed by atoms with Crippen LogP contribution in [-0.2, 0) is 11.2 Å². The molecule has 1 amide bonds. The lowest BCUT2D eigenvalue weighted by molar-refractivity contribution is 0.0238. The van der Waals surface area contributed by atoms with E-state index >= 15 is 0 Å². The Morgan fingerprint density at radius 3 is 2.89 bits per heavy atom. The summed E-state index contributed by atoms with van der Waals surface area (Å²) < 4.78 is 16.3. The fourth-order valence-corrected chi connectivity index (χ4v) is 3.05. The van der Waals surface area contributed by atoms with Crippen molar-refractivity contribution < 1.29 is 19.0 Å². The van der Waals surface area contributed by atoms with Crippen molar-refractivity contribution in [1.29, 1.82) is 0 Å². The number of hydrogen-bond acceptors (Lipinski definition) is 5. The van der Waals surface area contributed by atoms with Gasteiger partial charge in [0, 0.05) is 25.6 Å². The zero-order valence-corrected chi connectivity index (χ0v) is 16.0. The van der Waals surface area contributed by atoms with E-state index in [-0.39, 0.29) is 12.0 Å². The number of carbonyl (C=O) groups is 1. The first-order valence-electron chi connectivity index (χ1n) is 8.97. The van der Waals surface area contributed by atoms with Crippen LogP contribution in [0, 0.1) is 0 Å². The van der Waals surface area contributed by atoms with Crippen LogP contribution in [0.3, 0.4) is 0 Å². The van der Waals surface area contributed by atoms with Crippen LogP contribution in [0.2, 0.25) is 5.02 Å². The molecular formula is C20H23ClN2O4. The summed E-state index contributed by atoms with van der Waals surface area (Å²) in [5.74, 6) is 0.941. The second kappa shape index (κ2) is 9.58. The van der Waals surface area contributed by atoms with Crippen molar-refractivity contribution >= 4 is 17.5 Å². The lowest BCUT2D eigenvalue weighted by atomic mass is 10.1. The van der Waals surface area contributed by atoms with Gasteiger partial charge >= 0.3 is 0 Å². The minimum Gasteiger partial charge on any atom is -0.497 e. The monoisotopic (exact) mass is 390 g/mol. The Morgan fingerprint density at radius 2 is 2.15 bits per heavy atom. The molecule has 1 saturated heterocycles. The van der Waals surface area contributed by atoms with Crippen LogP contribution in [0.15, 0.2) is 36.5 Å². The van der Waals surface area contributed by atoms with Crippen LogP contribution in [0.1, 0.15) is 28.8 Å². The molecule has 0 aliphatic carbocycles. The van der Waals surface area contributed by atoms with Gasteiger partial charge in [0.15, 0.2) is 0 Å². The summed E-state index contributed by atoms with van der Waals surface area (Å²) >= 11 is 6.24. The molecule has 6 nitrogen and oxygen atoms in total. The first-order chi connectivity index (χ1) is 13.2. The number of aromatic nitrogens is 1. The Hall–Kier alpha value is -2.31. The third kappa shape index (κ3) is 5.58. The maximum atomic E-state index is 12.3. The lowest BCUT2D eigenvalue weighted by Crippen LogP contribution is -2.27. The number of benzene rings is 1. The molecule has 2 heterocycles. The second-order valence-electron chi connectivity index (χ2n) is 6.30. The molecule has 144 valence electrons. The van der Waals surface area contributed by atoms with Crippen LogP contribution >= 0.6 is 11.6 Å². The number of halogens is 1. The number of nitrogens with one attached hydrogen (secondary N) is 1. The van der Waals surface area contributed by atoms with Crippen molar-refractivity contribution in [2.75, 3.05) is 26.9 Å². The zero-order chi connectivity index (χ0) is 19.1. The highest BCUT2D eigenvalue weighted by atomic mass is 35.5. The summed E-state index contributed by atoms with van der Waals surface area (Å²) in [7, 11) is 1.63. The molecule has 2 aromatic rings. The fourth-order valence-electron chi connectivity index (χ4n) is 2.84. The van der Waals surface area contributed by atoms with Crippen LogP contribution in [0.5, 0.6) is 11.6 Å². The van der Waals surface area contributed by atoms with Gasteiger partial charge in [-0.3, -0.25) is 4.79 Å². The molecule has 0 spiro atoms. The van der Waals surface area contributed by atoms with Gasteiger partial charge in [-0.05, 0) is 30.2 Å². The Labute approximate surface area is 163 Å². The molecule has 1 fully saturated rings. The third-order valence-electron chi connectivity index (χ3n) is 4.35. The van der Waals surface area contributed by atoms with E-state index in [1.54, 1.807) is 13.2 Å². The van der Waals surface area contributed by atoms with E-state index in [4.69, 9.17) is 25.8 Å². The molecule has 1 aromatic carbocycles. The average Bonchev–Trinajstić information content (AvgIpc) is 2.70. The maximum absolute atomic E-state index is 12.3. The minimum atomic E-state index is -0.218. The third-order valence-corrected chi connectivity index (χ3v) is 4.62. The standard InChI is InChI=1S/C20H23ClN2O4/c1-25-17-4-2-3-14(11-17)5-8-22-19(24)15-12-18(21)20(23-13-15)27-16-6-9-26-10-7-16/h2-4,11-13,16H,5-10H2,1H3,(H,22,24). The molecule has 7 heteroatoms. The van der Waals surface area contributed by atoms with E-state index in [1.165, 1.54) is 6.20 Å². The van der Waals surface area contributed by atoms with Gasteiger partial charge in [0.1, 0.15) is 16.9 Å².